The van der Waals surface area contributed by atoms with Crippen molar-refractivity contribution in [3.05, 3.63) is 201 Å². The first-order valence-corrected chi connectivity index (χ1v) is 24.0. The number of benzene rings is 6. The van der Waals surface area contributed by atoms with Crippen LogP contribution in [0, 0.1) is 0 Å². The van der Waals surface area contributed by atoms with Gasteiger partial charge >= 0.3 is 52.6 Å². The van der Waals surface area contributed by atoms with Gasteiger partial charge in [0.25, 0.3) is 0 Å². The van der Waals surface area contributed by atoms with Gasteiger partial charge in [0.15, 0.2) is 0 Å². The summed E-state index contributed by atoms with van der Waals surface area (Å²) in [6, 6.07) is 53.5. The molecule has 2 atom stereocenters. The molecular weight excluding hydrogens is 847 g/mol. The molecule has 0 radical (unpaired) electrons. The summed E-state index contributed by atoms with van der Waals surface area (Å²) in [5.41, 5.74) is 19.3. The van der Waals surface area contributed by atoms with Crippen LogP contribution in [0.3, 0.4) is 0 Å². The fourth-order valence-electron chi connectivity index (χ4n) is 8.08. The van der Waals surface area contributed by atoms with E-state index in [1.54, 1.807) is 21.3 Å². The van der Waals surface area contributed by atoms with Crippen LogP contribution in [0.25, 0.3) is 34.4 Å². The van der Waals surface area contributed by atoms with Crippen LogP contribution in [0.1, 0.15) is 70.2 Å². The second-order valence-electron chi connectivity index (χ2n) is 13.7. The number of rotatable bonds is 11. The molecule has 0 aliphatic heterocycles. The maximum atomic E-state index is 4.82. The molecule has 6 aromatic carbocycles. The van der Waals surface area contributed by atoms with E-state index in [-0.39, 0.29) is 0 Å². The predicted octanol–water partition coefficient (Wildman–Crippen LogP) is 12.8. The van der Waals surface area contributed by atoms with E-state index >= 15 is 0 Å². The molecule has 0 saturated carbocycles. The zero-order valence-electron chi connectivity index (χ0n) is 31.7. The van der Waals surface area contributed by atoms with Crippen molar-refractivity contribution in [3.8, 4) is 22.3 Å². The molecule has 0 heterocycles. The number of thioether (sulfide) groups is 1. The molecule has 54 heavy (non-hydrogen) atoms. The molecule has 8 rings (SSSR count). The van der Waals surface area contributed by atoms with E-state index in [9.17, 15) is 0 Å². The van der Waals surface area contributed by atoms with Crippen molar-refractivity contribution < 1.29 is 31.3 Å². The van der Waals surface area contributed by atoms with E-state index in [0.29, 0.717) is 11.8 Å². The molecule has 0 amide bonds. The summed E-state index contributed by atoms with van der Waals surface area (Å²) in [6.07, 6.45) is 4.84. The molecule has 2 unspecified atom stereocenters. The summed E-state index contributed by atoms with van der Waals surface area (Å²) in [6.45, 7) is 4.61. The fourth-order valence-corrected chi connectivity index (χ4v) is 10.9. The topological polar surface area (TPSA) is 27.7 Å². The molecule has 0 spiro atoms. The summed E-state index contributed by atoms with van der Waals surface area (Å²) < 4.78 is 14.5. The van der Waals surface area contributed by atoms with Crippen LogP contribution in [-0.2, 0) is 42.8 Å². The van der Waals surface area contributed by atoms with E-state index in [4.69, 9.17) is 8.56 Å². The van der Waals surface area contributed by atoms with Gasteiger partial charge in [0.05, 0.1) is 0 Å². The van der Waals surface area contributed by atoms with E-state index in [0.717, 1.165) is 11.5 Å². The summed E-state index contributed by atoms with van der Waals surface area (Å²) in [7, 11) is 4.82. The average Bonchev–Trinajstić information content (AvgIpc) is 3.74. The van der Waals surface area contributed by atoms with Crippen LogP contribution in [0.5, 0.6) is 0 Å². The molecule has 3 nitrogen and oxygen atoms in total. The summed E-state index contributed by atoms with van der Waals surface area (Å²) in [5, 5.41) is 0. The fraction of sp³-hybridized carbons (Fsp3) is 0.184. The Balaban J connectivity index is 0.000000588. The Labute approximate surface area is 335 Å². The van der Waals surface area contributed by atoms with E-state index in [2.05, 4.69) is 172 Å². The van der Waals surface area contributed by atoms with Crippen molar-refractivity contribution in [2.75, 3.05) is 21.3 Å². The van der Waals surface area contributed by atoms with Crippen LogP contribution in [0.4, 0.5) is 0 Å². The second-order valence-corrected chi connectivity index (χ2v) is 20.9. The Morgan fingerprint density at radius 2 is 0.815 bits per heavy atom. The van der Waals surface area contributed by atoms with Crippen molar-refractivity contribution in [1.82, 2.24) is 0 Å². The molecule has 271 valence electrons. The molecule has 2 aliphatic rings. The van der Waals surface area contributed by atoms with Crippen LogP contribution < -0.4 is 0 Å². The third-order valence-corrected chi connectivity index (χ3v) is 15.1. The van der Waals surface area contributed by atoms with E-state index < -0.39 is 22.7 Å². The standard InChI is InChI=1S/C46H38S.3CH3O.Hf/c1-31-27-43-37(33-15-5-3-6-16-33)23-13-25-41(43)45(31)39-21-11-9-19-35(39)29-47-30-36-20-10-12-22-40(36)46-32(2)28-44-38(24-14-26-42(44)46)34-17-7-4-8-18-34;3*1-2;/h3-28,45-46H,29-30H2,1-2H3;3*1H3;/q;3*-1;+3. The Hall–Kier alpha value is -4.10. The summed E-state index contributed by atoms with van der Waals surface area (Å²) in [4.78, 5) is 0. The van der Waals surface area contributed by atoms with Crippen molar-refractivity contribution in [1.29, 1.82) is 0 Å². The van der Waals surface area contributed by atoms with Gasteiger partial charge in [-0.1, -0.05) is 169 Å². The first kappa shape index (κ1) is 38.2. The molecule has 0 N–H and O–H groups in total. The van der Waals surface area contributed by atoms with Crippen molar-refractivity contribution >= 4 is 23.9 Å². The third-order valence-electron chi connectivity index (χ3n) is 10.5. The molecular formula is C49H47HfO3S. The van der Waals surface area contributed by atoms with Crippen LogP contribution in [0.15, 0.2) is 157 Å². The van der Waals surface area contributed by atoms with Gasteiger partial charge in [-0.2, -0.15) is 11.8 Å². The molecule has 0 bridgehead atoms. The molecule has 0 saturated heterocycles. The molecule has 5 heteroatoms. The first-order chi connectivity index (χ1) is 26.5. The quantitative estimate of drug-likeness (QED) is 0.121. The molecule has 6 aromatic rings. The first-order valence-electron chi connectivity index (χ1n) is 18.5. The SMILES string of the molecule is CC1=Cc2c(-c3ccccc3)cccc2C1c1ccccc1CSCc1ccccc1C1C(C)=Cc2c(-c3ccccc3)cccc21.C[O][Hf]([O]C)[O]C. The number of hydrogen-bond donors (Lipinski definition) is 0. The third kappa shape index (κ3) is 8.12. The van der Waals surface area contributed by atoms with Gasteiger partial charge in [0, 0.05) is 23.3 Å². The van der Waals surface area contributed by atoms with Gasteiger partial charge in [-0.25, -0.2) is 0 Å². The molecule has 2 aliphatic carbocycles. The Bertz CT molecular complexity index is 2100. The van der Waals surface area contributed by atoms with Gasteiger partial charge in [-0.3, -0.25) is 0 Å². The summed E-state index contributed by atoms with van der Waals surface area (Å²) >= 11 is -0.257. The van der Waals surface area contributed by atoms with Crippen LogP contribution in [0.2, 0.25) is 0 Å². The second kappa shape index (κ2) is 18.0. The van der Waals surface area contributed by atoms with Gasteiger partial charge in [-0.15, -0.1) is 0 Å². The Morgan fingerprint density at radius 1 is 0.444 bits per heavy atom. The average molecular weight is 894 g/mol. The Morgan fingerprint density at radius 3 is 1.20 bits per heavy atom. The van der Waals surface area contributed by atoms with E-state index in [1.807, 2.05) is 11.8 Å². The Kier molecular flexibility index (Phi) is 12.7. The number of fused-ring (bicyclic) bond motifs is 2. The zero-order chi connectivity index (χ0) is 37.4. The minimum atomic E-state index is -2.29. The van der Waals surface area contributed by atoms with Crippen molar-refractivity contribution in [3.63, 3.8) is 0 Å². The monoisotopic (exact) mass is 895 g/mol. The van der Waals surface area contributed by atoms with Crippen LogP contribution >= 0.6 is 11.8 Å². The van der Waals surface area contributed by atoms with E-state index in [1.165, 1.54) is 77.9 Å². The van der Waals surface area contributed by atoms with Gasteiger partial charge < -0.3 is 0 Å². The normalized spacial score (nSPS) is 15.4. The number of allylic oxidation sites excluding steroid dienone is 2. The van der Waals surface area contributed by atoms with Crippen molar-refractivity contribution in [2.45, 2.75) is 37.2 Å². The van der Waals surface area contributed by atoms with Crippen molar-refractivity contribution in [2.24, 2.45) is 0 Å². The maximum absolute atomic E-state index is 4.82. The zero-order valence-corrected chi connectivity index (χ0v) is 36.1. The number of hydrogen-bond acceptors (Lipinski definition) is 4. The molecule has 0 fully saturated rings. The van der Waals surface area contributed by atoms with Gasteiger partial charge in [0.1, 0.15) is 0 Å². The van der Waals surface area contributed by atoms with Gasteiger partial charge in [-0.05, 0) is 80.6 Å². The predicted molar refractivity (Wildman–Crippen MR) is 224 cm³/mol. The van der Waals surface area contributed by atoms with Gasteiger partial charge in [0.2, 0.25) is 0 Å². The van der Waals surface area contributed by atoms with Crippen LogP contribution in [-0.4, -0.2) is 21.3 Å². The minimum absolute atomic E-state index is 0.291. The summed E-state index contributed by atoms with van der Waals surface area (Å²) in [5.74, 6) is 2.55. The molecule has 0 aromatic heterocycles.